The van der Waals surface area contributed by atoms with Crippen LogP contribution in [0.25, 0.3) is 16.6 Å². The van der Waals surface area contributed by atoms with Crippen LogP contribution in [0.1, 0.15) is 27.0 Å². The first-order valence-electron chi connectivity index (χ1n) is 12.7. The lowest BCUT2D eigenvalue weighted by Gasteiger charge is -2.15. The second-order valence-corrected chi connectivity index (χ2v) is 9.65. The molecule has 5 aromatic rings. The molecule has 0 aliphatic carbocycles. The lowest BCUT2D eigenvalue weighted by atomic mass is 9.89. The summed E-state index contributed by atoms with van der Waals surface area (Å²) in [5.41, 5.74) is 3.65. The Morgan fingerprint density at radius 2 is 1.46 bits per heavy atom. The maximum atomic E-state index is 14.0. The minimum atomic E-state index is -1.22. The molecule has 0 spiro atoms. The molecule has 1 heterocycles. The number of allylic oxidation sites excluding steroid dienone is 1. The largest absolute Gasteiger partial charge is 0.493 e. The Balaban J connectivity index is 1.53. The molecule has 0 saturated carbocycles. The third-order valence-electron chi connectivity index (χ3n) is 6.53. The van der Waals surface area contributed by atoms with Gasteiger partial charge in [0.15, 0.2) is 17.3 Å². The van der Waals surface area contributed by atoms with Gasteiger partial charge in [-0.05, 0) is 59.2 Å². The lowest BCUT2D eigenvalue weighted by molar-refractivity contribution is -0.130. The quantitative estimate of drug-likeness (QED) is 0.148. The Kier molecular flexibility index (Phi) is 8.36. The first-order valence-corrected chi connectivity index (χ1v) is 13.4. The number of benzene rings is 4. The van der Waals surface area contributed by atoms with Gasteiger partial charge in [-0.25, -0.2) is 4.79 Å². The van der Waals surface area contributed by atoms with Gasteiger partial charge in [-0.1, -0.05) is 48.5 Å². The van der Waals surface area contributed by atoms with Crippen LogP contribution in [0.15, 0.2) is 96.6 Å². The van der Waals surface area contributed by atoms with Gasteiger partial charge >= 0.3 is 5.97 Å². The molecule has 0 fully saturated rings. The van der Waals surface area contributed by atoms with E-state index in [1.807, 2.05) is 54.6 Å². The van der Waals surface area contributed by atoms with Crippen LogP contribution < -0.4 is 14.2 Å². The van der Waals surface area contributed by atoms with Crippen molar-refractivity contribution in [3.8, 4) is 17.2 Å². The molecule has 4 aromatic carbocycles. The number of methoxy groups -OCH3 is 2. The number of carbonyl (C=O) groups excluding carboxylic acids is 1. The second kappa shape index (κ2) is 12.4. The lowest BCUT2D eigenvalue weighted by Crippen LogP contribution is -2.14. The molecule has 0 radical (unpaired) electrons. The highest BCUT2D eigenvalue weighted by molar-refractivity contribution is 7.00. The molecule has 9 heteroatoms. The van der Waals surface area contributed by atoms with Gasteiger partial charge in [-0.2, -0.15) is 8.75 Å². The summed E-state index contributed by atoms with van der Waals surface area (Å²) in [4.78, 5) is 26.7. The van der Waals surface area contributed by atoms with Crippen molar-refractivity contribution >= 4 is 40.1 Å². The molecule has 8 nitrogen and oxygen atoms in total. The van der Waals surface area contributed by atoms with Crippen LogP contribution in [-0.4, -0.2) is 39.8 Å². The van der Waals surface area contributed by atoms with Gasteiger partial charge in [0, 0.05) is 17.6 Å². The summed E-state index contributed by atoms with van der Waals surface area (Å²) < 4.78 is 25.0. The highest BCUT2D eigenvalue weighted by Crippen LogP contribution is 2.32. The topological polar surface area (TPSA) is 108 Å². The van der Waals surface area contributed by atoms with Gasteiger partial charge in [-0.3, -0.25) is 4.79 Å². The number of hydrogen-bond donors (Lipinski definition) is 1. The van der Waals surface area contributed by atoms with Crippen molar-refractivity contribution in [1.29, 1.82) is 0 Å². The average molecular weight is 567 g/mol. The van der Waals surface area contributed by atoms with Crippen molar-refractivity contribution < 1.29 is 28.9 Å². The van der Waals surface area contributed by atoms with Crippen molar-refractivity contribution in [2.45, 2.75) is 13.0 Å². The normalized spacial score (nSPS) is 11.6. The van der Waals surface area contributed by atoms with Crippen LogP contribution >= 0.6 is 11.7 Å². The third kappa shape index (κ3) is 6.26. The SMILES string of the molecule is COc1ccc(C(=O)C(Cc2ccc(OCc3ccccc3)cc2)=C(C(=O)O)c2ccc3nsnc3c2)cc1OC. The van der Waals surface area contributed by atoms with Crippen LogP contribution in [-0.2, 0) is 17.8 Å². The smallest absolute Gasteiger partial charge is 0.336 e. The number of aromatic nitrogens is 2. The molecule has 0 aliphatic rings. The number of fused-ring (bicyclic) bond motifs is 1. The minimum Gasteiger partial charge on any atom is -0.493 e. The Hall–Kier alpha value is -5.02. The van der Waals surface area contributed by atoms with E-state index >= 15 is 0 Å². The highest BCUT2D eigenvalue weighted by Gasteiger charge is 2.25. The van der Waals surface area contributed by atoms with Crippen molar-refractivity contribution in [1.82, 2.24) is 8.75 Å². The molecule has 0 amide bonds. The summed E-state index contributed by atoms with van der Waals surface area (Å²) >= 11 is 1.04. The van der Waals surface area contributed by atoms with Crippen molar-refractivity contribution in [2.24, 2.45) is 0 Å². The van der Waals surface area contributed by atoms with Crippen LogP contribution in [0, 0.1) is 0 Å². The fourth-order valence-corrected chi connectivity index (χ4v) is 4.96. The van der Waals surface area contributed by atoms with Crippen molar-refractivity contribution in [2.75, 3.05) is 14.2 Å². The first-order chi connectivity index (χ1) is 20.0. The number of carboxylic acid groups (broad SMARTS) is 1. The molecule has 1 aromatic heterocycles. The summed E-state index contributed by atoms with van der Waals surface area (Å²) in [6.45, 7) is 0.417. The van der Waals surface area contributed by atoms with E-state index in [-0.39, 0.29) is 23.1 Å². The van der Waals surface area contributed by atoms with E-state index < -0.39 is 11.8 Å². The maximum absolute atomic E-state index is 14.0. The van der Waals surface area contributed by atoms with Crippen LogP contribution in [0.3, 0.4) is 0 Å². The predicted molar refractivity (Wildman–Crippen MR) is 157 cm³/mol. The van der Waals surface area contributed by atoms with Gasteiger partial charge in [0.1, 0.15) is 23.4 Å². The number of carbonyl (C=O) groups is 2. The van der Waals surface area contributed by atoms with E-state index in [0.717, 1.165) is 22.9 Å². The van der Waals surface area contributed by atoms with Crippen LogP contribution in [0.5, 0.6) is 17.2 Å². The summed E-state index contributed by atoms with van der Waals surface area (Å²) in [7, 11) is 2.98. The van der Waals surface area contributed by atoms with E-state index in [9.17, 15) is 14.7 Å². The molecule has 0 unspecified atom stereocenters. The van der Waals surface area contributed by atoms with E-state index in [1.165, 1.54) is 14.2 Å². The molecular weight excluding hydrogens is 540 g/mol. The molecule has 0 atom stereocenters. The van der Waals surface area contributed by atoms with Gasteiger partial charge in [0.25, 0.3) is 0 Å². The van der Waals surface area contributed by atoms with E-state index in [1.54, 1.807) is 36.4 Å². The zero-order chi connectivity index (χ0) is 28.8. The molecule has 5 rings (SSSR count). The standard InChI is InChI=1S/C32H26N2O6S/c1-38-28-15-11-23(18-29(28)39-2)31(35)25(30(32(36)37)22-10-14-26-27(17-22)34-41-33-26)16-20-8-12-24(13-9-20)40-19-21-6-4-3-5-7-21/h3-15,17-18H,16,19H2,1-2H3,(H,36,37). The van der Waals surface area contributed by atoms with Gasteiger partial charge in [0.05, 0.1) is 31.5 Å². The summed E-state index contributed by atoms with van der Waals surface area (Å²) in [6, 6.07) is 26.9. The maximum Gasteiger partial charge on any atom is 0.336 e. The van der Waals surface area contributed by atoms with Gasteiger partial charge in [0.2, 0.25) is 0 Å². The predicted octanol–water partition coefficient (Wildman–Crippen LogP) is 6.25. The average Bonchev–Trinajstić information content (AvgIpc) is 3.48. The third-order valence-corrected chi connectivity index (χ3v) is 7.09. The highest BCUT2D eigenvalue weighted by atomic mass is 32.1. The summed E-state index contributed by atoms with van der Waals surface area (Å²) in [6.07, 6.45) is 0.0706. The number of ketones is 1. The number of aliphatic carboxylic acids is 1. The first kappa shape index (κ1) is 27.5. The van der Waals surface area contributed by atoms with Gasteiger partial charge in [-0.15, -0.1) is 0 Å². The number of ether oxygens (including phenoxy) is 3. The Morgan fingerprint density at radius 1 is 0.756 bits per heavy atom. The number of carboxylic acids is 1. The van der Waals surface area contributed by atoms with Crippen molar-refractivity contribution in [3.05, 3.63) is 119 Å². The molecule has 0 saturated heterocycles. The second-order valence-electron chi connectivity index (χ2n) is 9.12. The molecule has 0 aliphatic heterocycles. The molecule has 41 heavy (non-hydrogen) atoms. The van der Waals surface area contributed by atoms with Crippen LogP contribution in [0.2, 0.25) is 0 Å². The fourth-order valence-electron chi connectivity index (χ4n) is 4.45. The zero-order valence-electron chi connectivity index (χ0n) is 22.4. The molecule has 1 N–H and O–H groups in total. The van der Waals surface area contributed by atoms with Crippen molar-refractivity contribution in [3.63, 3.8) is 0 Å². The number of hydrogen-bond acceptors (Lipinski definition) is 8. The van der Waals surface area contributed by atoms with E-state index in [2.05, 4.69) is 8.75 Å². The Morgan fingerprint density at radius 3 is 2.17 bits per heavy atom. The fraction of sp³-hybridized carbons (Fsp3) is 0.125. The number of rotatable bonds is 11. The summed E-state index contributed by atoms with van der Waals surface area (Å²) in [5.74, 6) is -0.178. The van der Waals surface area contributed by atoms with Gasteiger partial charge < -0.3 is 19.3 Å². The van der Waals surface area contributed by atoms with Crippen LogP contribution in [0.4, 0.5) is 0 Å². The molecule has 206 valence electrons. The molecular formula is C32H26N2O6S. The zero-order valence-corrected chi connectivity index (χ0v) is 23.2. The Bertz CT molecular complexity index is 1730. The number of Topliss-reactive ketones (excluding diaryl/α,β-unsaturated/α-hetero) is 1. The van der Waals surface area contributed by atoms with E-state index in [4.69, 9.17) is 14.2 Å². The summed E-state index contributed by atoms with van der Waals surface area (Å²) in [5, 5.41) is 10.4. The minimum absolute atomic E-state index is 0.0706. The molecule has 0 bridgehead atoms. The Labute approximate surface area is 240 Å². The monoisotopic (exact) mass is 566 g/mol. The number of nitrogens with zero attached hydrogens (tertiary/aromatic N) is 2. The van der Waals surface area contributed by atoms with E-state index in [0.29, 0.717) is 40.5 Å².